The van der Waals surface area contributed by atoms with E-state index in [9.17, 15) is 18.0 Å². The highest BCUT2D eigenvalue weighted by Crippen LogP contribution is 2.32. The quantitative estimate of drug-likeness (QED) is 0.695. The van der Waals surface area contributed by atoms with Crippen molar-refractivity contribution in [3.8, 4) is 5.69 Å². The van der Waals surface area contributed by atoms with Crippen molar-refractivity contribution < 1.29 is 18.0 Å². The Labute approximate surface area is 166 Å². The zero-order chi connectivity index (χ0) is 21.0. The van der Waals surface area contributed by atoms with Crippen LogP contribution in [0.3, 0.4) is 0 Å². The minimum Gasteiger partial charge on any atom is -0.331 e. The van der Waals surface area contributed by atoms with Crippen LogP contribution in [0.25, 0.3) is 5.69 Å². The highest BCUT2D eigenvalue weighted by Gasteiger charge is 2.33. The number of halogens is 3. The fraction of sp³-hybridized carbons (Fsp3) is 0.250. The maximum Gasteiger partial charge on any atom is 0.416 e. The Bertz CT molecular complexity index is 955. The van der Waals surface area contributed by atoms with E-state index in [4.69, 9.17) is 0 Å². The SMILES string of the molecule is C[C@H](NC(=O)N(C)Cc1ccccc1C(F)(F)F)c1ccc(-n2cncn2)cc1. The molecule has 0 unspecified atom stereocenters. The Morgan fingerprint density at radius 2 is 1.86 bits per heavy atom. The highest BCUT2D eigenvalue weighted by molar-refractivity contribution is 5.74. The van der Waals surface area contributed by atoms with Gasteiger partial charge >= 0.3 is 12.2 Å². The average Bonchev–Trinajstić information content (AvgIpc) is 3.22. The molecule has 1 aromatic heterocycles. The van der Waals surface area contributed by atoms with Crippen LogP contribution in [0.4, 0.5) is 18.0 Å². The van der Waals surface area contributed by atoms with E-state index < -0.39 is 17.8 Å². The summed E-state index contributed by atoms with van der Waals surface area (Å²) < 4.78 is 41.0. The summed E-state index contributed by atoms with van der Waals surface area (Å²) in [6.07, 6.45) is -1.45. The molecule has 0 bridgehead atoms. The molecule has 9 heteroatoms. The van der Waals surface area contributed by atoms with Crippen molar-refractivity contribution in [3.63, 3.8) is 0 Å². The number of aromatic nitrogens is 3. The lowest BCUT2D eigenvalue weighted by atomic mass is 10.1. The lowest BCUT2D eigenvalue weighted by molar-refractivity contribution is -0.138. The Morgan fingerprint density at radius 3 is 2.48 bits per heavy atom. The second-order valence-electron chi connectivity index (χ2n) is 6.61. The molecule has 29 heavy (non-hydrogen) atoms. The van der Waals surface area contributed by atoms with Crippen LogP contribution in [-0.2, 0) is 12.7 Å². The first kappa shape index (κ1) is 20.4. The maximum atomic E-state index is 13.1. The van der Waals surface area contributed by atoms with Gasteiger partial charge in [0.2, 0.25) is 0 Å². The molecule has 0 aliphatic heterocycles. The van der Waals surface area contributed by atoms with E-state index in [1.807, 2.05) is 24.3 Å². The lowest BCUT2D eigenvalue weighted by Gasteiger charge is -2.23. The van der Waals surface area contributed by atoms with Crippen molar-refractivity contribution >= 4 is 6.03 Å². The zero-order valence-corrected chi connectivity index (χ0v) is 15.9. The Morgan fingerprint density at radius 1 is 1.17 bits per heavy atom. The van der Waals surface area contributed by atoms with E-state index in [1.165, 1.54) is 36.5 Å². The number of rotatable bonds is 5. The number of nitrogens with one attached hydrogen (secondary N) is 1. The van der Waals surface area contributed by atoms with Gasteiger partial charge in [-0.15, -0.1) is 0 Å². The molecule has 0 fully saturated rings. The van der Waals surface area contributed by atoms with Gasteiger partial charge in [0, 0.05) is 13.6 Å². The summed E-state index contributed by atoms with van der Waals surface area (Å²) >= 11 is 0. The minimum atomic E-state index is -4.47. The van der Waals surface area contributed by atoms with Gasteiger partial charge in [0.05, 0.1) is 17.3 Å². The van der Waals surface area contributed by atoms with Gasteiger partial charge in [-0.3, -0.25) is 0 Å². The van der Waals surface area contributed by atoms with E-state index in [-0.39, 0.29) is 18.2 Å². The third-order valence-electron chi connectivity index (χ3n) is 4.49. The molecule has 0 saturated heterocycles. The molecule has 1 N–H and O–H groups in total. The van der Waals surface area contributed by atoms with Crippen molar-refractivity contribution in [2.45, 2.75) is 25.7 Å². The predicted octanol–water partition coefficient (Wildman–Crippen LogP) is 4.19. The third-order valence-corrected chi connectivity index (χ3v) is 4.49. The van der Waals surface area contributed by atoms with E-state index in [1.54, 1.807) is 17.9 Å². The molecule has 0 spiro atoms. The van der Waals surface area contributed by atoms with Crippen LogP contribution in [-0.4, -0.2) is 32.7 Å². The van der Waals surface area contributed by atoms with Crippen LogP contribution >= 0.6 is 0 Å². The van der Waals surface area contributed by atoms with Gasteiger partial charge in [-0.05, 0) is 36.2 Å². The van der Waals surface area contributed by atoms with Crippen molar-refractivity contribution in [1.29, 1.82) is 0 Å². The average molecular weight is 403 g/mol. The first-order valence-corrected chi connectivity index (χ1v) is 8.87. The lowest BCUT2D eigenvalue weighted by Crippen LogP contribution is -2.38. The summed E-state index contributed by atoms with van der Waals surface area (Å²) in [6, 6.07) is 11.8. The highest BCUT2D eigenvalue weighted by atomic mass is 19.4. The molecule has 0 aliphatic carbocycles. The Balaban J connectivity index is 1.64. The number of hydrogen-bond acceptors (Lipinski definition) is 3. The van der Waals surface area contributed by atoms with Crippen LogP contribution < -0.4 is 5.32 Å². The van der Waals surface area contributed by atoms with Crippen molar-refractivity contribution in [2.24, 2.45) is 0 Å². The standard InChI is InChI=1S/C20H20F3N5O/c1-14(15-7-9-17(10-8-15)28-13-24-12-25-28)26-19(29)27(2)11-16-5-3-4-6-18(16)20(21,22)23/h3-10,12-14H,11H2,1-2H3,(H,26,29)/t14-/m0/s1. The second kappa shape index (κ2) is 8.34. The molecule has 152 valence electrons. The monoisotopic (exact) mass is 403 g/mol. The summed E-state index contributed by atoms with van der Waals surface area (Å²) in [4.78, 5) is 17.6. The molecule has 2 amide bonds. The van der Waals surface area contributed by atoms with E-state index in [2.05, 4.69) is 15.4 Å². The Hall–Kier alpha value is -3.36. The molecule has 0 radical (unpaired) electrons. The topological polar surface area (TPSA) is 63.1 Å². The molecular formula is C20H20F3N5O. The van der Waals surface area contributed by atoms with Crippen LogP contribution in [0, 0.1) is 0 Å². The van der Waals surface area contributed by atoms with Gasteiger partial charge in [-0.25, -0.2) is 14.5 Å². The van der Waals surface area contributed by atoms with Gasteiger partial charge in [0.25, 0.3) is 0 Å². The predicted molar refractivity (Wildman–Crippen MR) is 101 cm³/mol. The summed E-state index contributed by atoms with van der Waals surface area (Å²) in [7, 11) is 1.46. The van der Waals surface area contributed by atoms with Gasteiger partial charge in [0.1, 0.15) is 12.7 Å². The number of nitrogens with zero attached hydrogens (tertiary/aromatic N) is 4. The number of carbonyl (C=O) groups excluding carboxylic acids is 1. The first-order chi connectivity index (χ1) is 13.8. The summed E-state index contributed by atoms with van der Waals surface area (Å²) in [5.74, 6) is 0. The molecule has 3 rings (SSSR count). The van der Waals surface area contributed by atoms with Crippen molar-refractivity contribution in [3.05, 3.63) is 77.9 Å². The molecule has 1 heterocycles. The molecule has 0 aliphatic rings. The zero-order valence-electron chi connectivity index (χ0n) is 15.9. The Kier molecular flexibility index (Phi) is 5.86. The number of benzene rings is 2. The molecule has 0 saturated carbocycles. The van der Waals surface area contributed by atoms with E-state index in [0.717, 1.165) is 17.3 Å². The normalized spacial score (nSPS) is 12.4. The smallest absolute Gasteiger partial charge is 0.331 e. The maximum absolute atomic E-state index is 13.1. The number of alkyl halides is 3. The van der Waals surface area contributed by atoms with Crippen molar-refractivity contribution in [2.75, 3.05) is 7.05 Å². The molecule has 6 nitrogen and oxygen atoms in total. The molecule has 2 aromatic carbocycles. The summed E-state index contributed by atoms with van der Waals surface area (Å²) in [5.41, 5.74) is 0.982. The second-order valence-corrected chi connectivity index (χ2v) is 6.61. The van der Waals surface area contributed by atoms with Gasteiger partial charge in [-0.1, -0.05) is 30.3 Å². The first-order valence-electron chi connectivity index (χ1n) is 8.87. The van der Waals surface area contributed by atoms with E-state index in [0.29, 0.717) is 0 Å². The van der Waals surface area contributed by atoms with Crippen LogP contribution in [0.2, 0.25) is 0 Å². The van der Waals surface area contributed by atoms with Gasteiger partial charge in [-0.2, -0.15) is 18.3 Å². The molecule has 3 aromatic rings. The largest absolute Gasteiger partial charge is 0.416 e. The third kappa shape index (κ3) is 4.92. The number of carbonyl (C=O) groups is 1. The number of urea groups is 1. The van der Waals surface area contributed by atoms with Crippen molar-refractivity contribution in [1.82, 2.24) is 25.0 Å². The summed E-state index contributed by atoms with van der Waals surface area (Å²) in [5, 5.41) is 6.85. The van der Waals surface area contributed by atoms with Crippen LogP contribution in [0.5, 0.6) is 0 Å². The fourth-order valence-corrected chi connectivity index (χ4v) is 2.90. The number of amides is 2. The van der Waals surface area contributed by atoms with Gasteiger partial charge in [0.15, 0.2) is 0 Å². The van der Waals surface area contributed by atoms with Crippen LogP contribution in [0.1, 0.15) is 29.7 Å². The molecule has 1 atom stereocenters. The minimum absolute atomic E-state index is 0.0440. The summed E-state index contributed by atoms with van der Waals surface area (Å²) in [6.45, 7) is 1.65. The van der Waals surface area contributed by atoms with Gasteiger partial charge < -0.3 is 10.2 Å². The molecular weight excluding hydrogens is 383 g/mol. The van der Waals surface area contributed by atoms with E-state index >= 15 is 0 Å². The fourth-order valence-electron chi connectivity index (χ4n) is 2.90. The number of hydrogen-bond donors (Lipinski definition) is 1. The van der Waals surface area contributed by atoms with Crippen LogP contribution in [0.15, 0.2) is 61.2 Å².